The van der Waals surface area contributed by atoms with Gasteiger partial charge in [0.1, 0.15) is 0 Å². The summed E-state index contributed by atoms with van der Waals surface area (Å²) in [5.74, 6) is 3.55. The Morgan fingerprint density at radius 2 is 2.56 bits per heavy atom. The van der Waals surface area contributed by atoms with Crippen molar-refractivity contribution in [3.05, 3.63) is 24.2 Å². The number of furan rings is 1. The van der Waals surface area contributed by atoms with Crippen molar-refractivity contribution >= 4 is 11.8 Å². The van der Waals surface area contributed by atoms with Crippen LogP contribution in [0.2, 0.25) is 0 Å². The summed E-state index contributed by atoms with van der Waals surface area (Å²) >= 11 is 1.48. The lowest BCUT2D eigenvalue weighted by atomic mass is 10.5. The SMILES string of the molecule is CSC#Cc1ccco1. The van der Waals surface area contributed by atoms with Crippen LogP contribution < -0.4 is 0 Å². The van der Waals surface area contributed by atoms with E-state index in [1.807, 2.05) is 18.4 Å². The lowest BCUT2D eigenvalue weighted by Crippen LogP contribution is -1.58. The van der Waals surface area contributed by atoms with Gasteiger partial charge in [-0.05, 0) is 29.6 Å². The van der Waals surface area contributed by atoms with Crippen LogP contribution >= 0.6 is 11.8 Å². The second kappa shape index (κ2) is 3.26. The predicted octanol–water partition coefficient (Wildman–Crippen LogP) is 1.95. The Kier molecular flexibility index (Phi) is 2.29. The van der Waals surface area contributed by atoms with Crippen molar-refractivity contribution in [2.45, 2.75) is 0 Å². The van der Waals surface area contributed by atoms with E-state index < -0.39 is 0 Å². The standard InChI is InChI=1S/C7H6OS/c1-9-6-4-7-3-2-5-8-7/h2-3,5H,1H3. The Labute approximate surface area is 58.4 Å². The molecule has 1 heterocycles. The first kappa shape index (κ1) is 6.31. The zero-order chi connectivity index (χ0) is 6.53. The maximum atomic E-state index is 4.95. The first-order valence-corrected chi connectivity index (χ1v) is 3.73. The van der Waals surface area contributed by atoms with E-state index in [1.165, 1.54) is 11.8 Å². The van der Waals surface area contributed by atoms with Crippen LogP contribution in [0.3, 0.4) is 0 Å². The summed E-state index contributed by atoms with van der Waals surface area (Å²) in [6.45, 7) is 0. The molecule has 0 amide bonds. The lowest BCUT2D eigenvalue weighted by molar-refractivity contribution is 0.554. The molecule has 0 unspecified atom stereocenters. The maximum Gasteiger partial charge on any atom is 0.177 e. The molecule has 0 spiro atoms. The molecular weight excluding hydrogens is 132 g/mol. The molecule has 0 aromatic carbocycles. The Hall–Kier alpha value is -0.810. The molecular formula is C7H6OS. The summed E-state index contributed by atoms with van der Waals surface area (Å²) in [6.07, 6.45) is 3.54. The molecule has 1 aromatic heterocycles. The van der Waals surface area contributed by atoms with Crippen molar-refractivity contribution in [2.75, 3.05) is 6.26 Å². The molecule has 46 valence electrons. The minimum absolute atomic E-state index is 0.726. The van der Waals surface area contributed by atoms with E-state index in [0.717, 1.165) is 5.76 Å². The number of rotatable bonds is 0. The van der Waals surface area contributed by atoms with Crippen LogP contribution in [0.5, 0.6) is 0 Å². The predicted molar refractivity (Wildman–Crippen MR) is 39.1 cm³/mol. The van der Waals surface area contributed by atoms with E-state index >= 15 is 0 Å². The van der Waals surface area contributed by atoms with Gasteiger partial charge in [-0.15, -0.1) is 0 Å². The van der Waals surface area contributed by atoms with Crippen LogP contribution in [-0.4, -0.2) is 6.26 Å². The van der Waals surface area contributed by atoms with Crippen molar-refractivity contribution in [1.29, 1.82) is 0 Å². The minimum atomic E-state index is 0.726. The molecule has 0 aliphatic rings. The molecule has 0 N–H and O–H groups in total. The van der Waals surface area contributed by atoms with Gasteiger partial charge < -0.3 is 4.42 Å². The summed E-state index contributed by atoms with van der Waals surface area (Å²) in [4.78, 5) is 0. The normalized spacial score (nSPS) is 8.11. The van der Waals surface area contributed by atoms with Crippen molar-refractivity contribution < 1.29 is 4.42 Å². The quantitative estimate of drug-likeness (QED) is 0.508. The number of thioether (sulfide) groups is 1. The van der Waals surface area contributed by atoms with Gasteiger partial charge in [0.2, 0.25) is 0 Å². The molecule has 1 nitrogen and oxygen atoms in total. The molecule has 0 saturated carbocycles. The molecule has 1 rings (SSSR count). The Bertz CT molecular complexity index is 215. The molecule has 0 fully saturated rings. The highest BCUT2D eigenvalue weighted by molar-refractivity contribution is 8.03. The monoisotopic (exact) mass is 138 g/mol. The fourth-order valence-electron chi connectivity index (χ4n) is 0.451. The smallest absolute Gasteiger partial charge is 0.177 e. The molecule has 1 aromatic rings. The molecule has 0 bridgehead atoms. The van der Waals surface area contributed by atoms with E-state index in [-0.39, 0.29) is 0 Å². The topological polar surface area (TPSA) is 13.1 Å². The fraction of sp³-hybridized carbons (Fsp3) is 0.143. The van der Waals surface area contributed by atoms with Crippen molar-refractivity contribution in [1.82, 2.24) is 0 Å². The van der Waals surface area contributed by atoms with Gasteiger partial charge in [-0.25, -0.2) is 0 Å². The third-order valence-electron chi connectivity index (χ3n) is 0.797. The van der Waals surface area contributed by atoms with E-state index in [9.17, 15) is 0 Å². The largest absolute Gasteiger partial charge is 0.456 e. The van der Waals surface area contributed by atoms with E-state index in [0.29, 0.717) is 0 Å². The summed E-state index contributed by atoms with van der Waals surface area (Å²) in [6, 6.07) is 3.66. The fourth-order valence-corrected chi connectivity index (χ4v) is 0.654. The van der Waals surface area contributed by atoms with Crippen molar-refractivity contribution in [2.24, 2.45) is 0 Å². The molecule has 2 heteroatoms. The third-order valence-corrected chi connectivity index (χ3v) is 1.10. The highest BCUT2D eigenvalue weighted by Gasteiger charge is 1.83. The average molecular weight is 138 g/mol. The Balaban J connectivity index is 2.67. The molecule has 0 saturated heterocycles. The zero-order valence-electron chi connectivity index (χ0n) is 5.05. The number of hydrogen-bond acceptors (Lipinski definition) is 2. The summed E-state index contributed by atoms with van der Waals surface area (Å²) < 4.78 is 4.95. The molecule has 9 heavy (non-hydrogen) atoms. The Morgan fingerprint density at radius 1 is 1.67 bits per heavy atom. The van der Waals surface area contributed by atoms with Crippen molar-refractivity contribution in [3.63, 3.8) is 0 Å². The van der Waals surface area contributed by atoms with Gasteiger partial charge in [0.15, 0.2) is 5.76 Å². The highest BCUT2D eigenvalue weighted by atomic mass is 32.2. The van der Waals surface area contributed by atoms with Gasteiger partial charge in [-0.3, -0.25) is 0 Å². The second-order valence-corrected chi connectivity index (χ2v) is 2.02. The molecule has 0 atom stereocenters. The van der Waals surface area contributed by atoms with Gasteiger partial charge in [0.25, 0.3) is 0 Å². The van der Waals surface area contributed by atoms with Crippen LogP contribution in [-0.2, 0) is 0 Å². The van der Waals surface area contributed by atoms with E-state index in [2.05, 4.69) is 11.2 Å². The first-order valence-electron chi connectivity index (χ1n) is 2.51. The van der Waals surface area contributed by atoms with Gasteiger partial charge in [-0.1, -0.05) is 11.8 Å². The summed E-state index contributed by atoms with van der Waals surface area (Å²) in [7, 11) is 0. The summed E-state index contributed by atoms with van der Waals surface area (Å²) in [5.41, 5.74) is 0. The van der Waals surface area contributed by atoms with E-state index in [1.54, 1.807) is 6.26 Å². The third kappa shape index (κ3) is 1.87. The van der Waals surface area contributed by atoms with Crippen LogP contribution in [0, 0.1) is 11.2 Å². The minimum Gasteiger partial charge on any atom is -0.456 e. The number of hydrogen-bond donors (Lipinski definition) is 0. The maximum absolute atomic E-state index is 4.95. The first-order chi connectivity index (χ1) is 4.43. The highest BCUT2D eigenvalue weighted by Crippen LogP contribution is 1.97. The van der Waals surface area contributed by atoms with E-state index in [4.69, 9.17) is 4.42 Å². The van der Waals surface area contributed by atoms with Crippen LogP contribution in [0.1, 0.15) is 5.76 Å². The van der Waals surface area contributed by atoms with Gasteiger partial charge in [0.05, 0.1) is 6.26 Å². The lowest BCUT2D eigenvalue weighted by Gasteiger charge is -1.73. The average Bonchev–Trinajstić information content (AvgIpc) is 2.34. The summed E-state index contributed by atoms with van der Waals surface area (Å²) in [5, 5.41) is 2.82. The van der Waals surface area contributed by atoms with Crippen LogP contribution in [0.4, 0.5) is 0 Å². The van der Waals surface area contributed by atoms with Gasteiger partial charge >= 0.3 is 0 Å². The van der Waals surface area contributed by atoms with Crippen molar-refractivity contribution in [3.8, 4) is 11.2 Å². The van der Waals surface area contributed by atoms with Crippen LogP contribution in [0.15, 0.2) is 22.8 Å². The Morgan fingerprint density at radius 3 is 3.11 bits per heavy atom. The van der Waals surface area contributed by atoms with Gasteiger partial charge in [0, 0.05) is 0 Å². The zero-order valence-corrected chi connectivity index (χ0v) is 5.87. The molecule has 0 radical (unpaired) electrons. The second-order valence-electron chi connectivity index (χ2n) is 1.41. The molecule has 0 aliphatic carbocycles. The van der Waals surface area contributed by atoms with Gasteiger partial charge in [-0.2, -0.15) is 0 Å². The molecule has 0 aliphatic heterocycles. The van der Waals surface area contributed by atoms with Crippen LogP contribution in [0.25, 0.3) is 0 Å².